The number of nitrogens with zero attached hydrogens (tertiary/aromatic N) is 1. The lowest BCUT2D eigenvalue weighted by molar-refractivity contribution is 0.512. The van der Waals surface area contributed by atoms with Gasteiger partial charge in [-0.1, -0.05) is 23.2 Å². The Morgan fingerprint density at radius 3 is 2.81 bits per heavy atom. The highest BCUT2D eigenvalue weighted by Gasteiger charge is 2.08. The number of oxazole rings is 1. The van der Waals surface area contributed by atoms with Crippen molar-refractivity contribution in [1.29, 1.82) is 0 Å². The molecule has 1 heterocycles. The van der Waals surface area contributed by atoms with Gasteiger partial charge in [-0.15, -0.1) is 0 Å². The van der Waals surface area contributed by atoms with Gasteiger partial charge in [0.05, 0.1) is 28.5 Å². The summed E-state index contributed by atoms with van der Waals surface area (Å²) in [6, 6.07) is 3.67. The molecule has 0 aliphatic carbocycles. The lowest BCUT2D eigenvalue weighted by Gasteiger charge is -2.08. The third kappa shape index (κ3) is 2.51. The molecule has 1 aromatic carbocycles. The molecule has 3 nitrogen and oxygen atoms in total. The second-order valence-corrected chi connectivity index (χ2v) is 4.65. The van der Waals surface area contributed by atoms with Crippen LogP contribution in [0.15, 0.2) is 33.6 Å². The summed E-state index contributed by atoms with van der Waals surface area (Å²) in [4.78, 5) is 3.82. The minimum atomic E-state index is 0.482. The fourth-order valence-corrected chi connectivity index (χ4v) is 2.02. The van der Waals surface area contributed by atoms with E-state index in [0.717, 1.165) is 15.9 Å². The zero-order valence-electron chi connectivity index (χ0n) is 8.01. The summed E-state index contributed by atoms with van der Waals surface area (Å²) in [7, 11) is 0. The molecule has 0 fully saturated rings. The Balaban J connectivity index is 2.13. The second kappa shape index (κ2) is 5.08. The van der Waals surface area contributed by atoms with Gasteiger partial charge in [0.25, 0.3) is 0 Å². The van der Waals surface area contributed by atoms with Crippen LogP contribution in [0.5, 0.6) is 0 Å². The molecule has 84 valence electrons. The minimum absolute atomic E-state index is 0.482. The van der Waals surface area contributed by atoms with E-state index in [-0.39, 0.29) is 0 Å². The van der Waals surface area contributed by atoms with Crippen LogP contribution in [0.4, 0.5) is 5.69 Å². The summed E-state index contributed by atoms with van der Waals surface area (Å²) in [5.74, 6) is 0.732. The second-order valence-electron chi connectivity index (χ2n) is 3.04. The van der Waals surface area contributed by atoms with Gasteiger partial charge < -0.3 is 9.73 Å². The Hall–Kier alpha value is -0.710. The average Bonchev–Trinajstić information content (AvgIpc) is 2.78. The van der Waals surface area contributed by atoms with Crippen LogP contribution in [0, 0.1) is 0 Å². The highest BCUT2D eigenvalue weighted by Crippen LogP contribution is 2.35. The van der Waals surface area contributed by atoms with Crippen molar-refractivity contribution in [3.05, 3.63) is 45.0 Å². The normalized spacial score (nSPS) is 10.4. The fourth-order valence-electron chi connectivity index (χ4n) is 1.17. The van der Waals surface area contributed by atoms with Crippen molar-refractivity contribution < 1.29 is 4.42 Å². The Labute approximate surface area is 111 Å². The van der Waals surface area contributed by atoms with E-state index >= 15 is 0 Å². The number of benzene rings is 1. The highest BCUT2D eigenvalue weighted by atomic mass is 79.9. The fraction of sp³-hybridized carbons (Fsp3) is 0.100. The topological polar surface area (TPSA) is 38.1 Å². The largest absolute Gasteiger partial charge is 0.447 e. The number of anilines is 1. The number of rotatable bonds is 3. The molecule has 0 aliphatic rings. The van der Waals surface area contributed by atoms with Crippen molar-refractivity contribution in [1.82, 2.24) is 4.98 Å². The summed E-state index contributed by atoms with van der Waals surface area (Å²) in [6.45, 7) is 0.512. The highest BCUT2D eigenvalue weighted by molar-refractivity contribution is 9.10. The lowest BCUT2D eigenvalue weighted by Crippen LogP contribution is -1.99. The summed E-state index contributed by atoms with van der Waals surface area (Å²) in [5.41, 5.74) is 0.756. The Bertz CT molecular complexity index is 488. The first-order chi connectivity index (χ1) is 7.68. The third-order valence-electron chi connectivity index (χ3n) is 1.97. The first kappa shape index (κ1) is 11.8. The molecule has 1 aromatic heterocycles. The van der Waals surface area contributed by atoms with Crippen molar-refractivity contribution in [3.63, 3.8) is 0 Å². The molecule has 1 N–H and O–H groups in total. The van der Waals surface area contributed by atoms with Gasteiger partial charge in [-0.05, 0) is 28.1 Å². The molecule has 0 radical (unpaired) electrons. The molecule has 0 saturated heterocycles. The van der Waals surface area contributed by atoms with Gasteiger partial charge in [-0.25, -0.2) is 4.98 Å². The monoisotopic (exact) mass is 320 g/mol. The standard InChI is InChI=1S/C10H7BrCl2N2O/c11-7-1-2-8(10(13)9(7)12)15-4-6-3-14-5-16-6/h1-3,5,15H,4H2. The van der Waals surface area contributed by atoms with Crippen molar-refractivity contribution in [2.45, 2.75) is 6.54 Å². The van der Waals surface area contributed by atoms with Gasteiger partial charge in [-0.3, -0.25) is 0 Å². The van der Waals surface area contributed by atoms with Crippen LogP contribution in [0.2, 0.25) is 10.0 Å². The number of hydrogen-bond acceptors (Lipinski definition) is 3. The zero-order valence-corrected chi connectivity index (χ0v) is 11.1. The van der Waals surface area contributed by atoms with E-state index in [0.29, 0.717) is 16.6 Å². The number of halogens is 3. The first-order valence-corrected chi connectivity index (χ1v) is 5.98. The van der Waals surface area contributed by atoms with E-state index in [4.69, 9.17) is 27.6 Å². The SMILES string of the molecule is Clc1c(Br)ccc(NCc2cnco2)c1Cl. The van der Waals surface area contributed by atoms with E-state index in [1.807, 2.05) is 12.1 Å². The molecule has 0 bridgehead atoms. The Kier molecular flexibility index (Phi) is 3.74. The molecule has 6 heteroatoms. The zero-order chi connectivity index (χ0) is 11.5. The molecular weight excluding hydrogens is 315 g/mol. The first-order valence-electron chi connectivity index (χ1n) is 4.43. The van der Waals surface area contributed by atoms with E-state index in [1.54, 1.807) is 6.20 Å². The van der Waals surface area contributed by atoms with Crippen molar-refractivity contribution in [2.24, 2.45) is 0 Å². The molecule has 0 spiro atoms. The van der Waals surface area contributed by atoms with Crippen LogP contribution in [0.3, 0.4) is 0 Å². The van der Waals surface area contributed by atoms with Crippen LogP contribution < -0.4 is 5.32 Å². The van der Waals surface area contributed by atoms with E-state index in [1.165, 1.54) is 6.39 Å². The summed E-state index contributed by atoms with van der Waals surface area (Å²) in [5, 5.41) is 4.08. The van der Waals surface area contributed by atoms with Crippen LogP contribution in [0.25, 0.3) is 0 Å². The number of nitrogens with one attached hydrogen (secondary N) is 1. The summed E-state index contributed by atoms with van der Waals surface area (Å²) in [6.07, 6.45) is 3.02. The Morgan fingerprint density at radius 1 is 1.31 bits per heavy atom. The smallest absolute Gasteiger partial charge is 0.180 e. The third-order valence-corrected chi connectivity index (χ3v) is 3.74. The van der Waals surface area contributed by atoms with Crippen molar-refractivity contribution in [2.75, 3.05) is 5.32 Å². The molecule has 0 unspecified atom stereocenters. The van der Waals surface area contributed by atoms with Gasteiger partial charge in [0, 0.05) is 4.47 Å². The molecule has 16 heavy (non-hydrogen) atoms. The van der Waals surface area contributed by atoms with E-state index < -0.39 is 0 Å². The number of aromatic nitrogens is 1. The van der Waals surface area contributed by atoms with Crippen LogP contribution in [-0.2, 0) is 6.54 Å². The molecule has 0 atom stereocenters. The maximum atomic E-state index is 6.07. The molecule has 2 rings (SSSR count). The predicted molar refractivity (Wildman–Crippen MR) is 68.0 cm³/mol. The Morgan fingerprint density at radius 2 is 2.12 bits per heavy atom. The van der Waals surface area contributed by atoms with E-state index in [2.05, 4.69) is 26.2 Å². The van der Waals surface area contributed by atoms with E-state index in [9.17, 15) is 0 Å². The van der Waals surface area contributed by atoms with Crippen LogP contribution in [0.1, 0.15) is 5.76 Å². The molecular formula is C10H7BrCl2N2O. The van der Waals surface area contributed by atoms with Gasteiger partial charge in [-0.2, -0.15) is 0 Å². The maximum absolute atomic E-state index is 6.07. The summed E-state index contributed by atoms with van der Waals surface area (Å²) < 4.78 is 5.86. The van der Waals surface area contributed by atoms with Gasteiger partial charge in [0.2, 0.25) is 0 Å². The van der Waals surface area contributed by atoms with Gasteiger partial charge >= 0.3 is 0 Å². The van der Waals surface area contributed by atoms with Crippen LogP contribution >= 0.6 is 39.1 Å². The predicted octanol–water partition coefficient (Wildman–Crippen LogP) is 4.36. The van der Waals surface area contributed by atoms with Gasteiger partial charge in [0.1, 0.15) is 5.76 Å². The quantitative estimate of drug-likeness (QED) is 0.854. The van der Waals surface area contributed by atoms with Gasteiger partial charge in [0.15, 0.2) is 6.39 Å². The van der Waals surface area contributed by atoms with Crippen molar-refractivity contribution in [3.8, 4) is 0 Å². The summed E-state index contributed by atoms with van der Waals surface area (Å²) >= 11 is 15.4. The van der Waals surface area contributed by atoms with Crippen LogP contribution in [-0.4, -0.2) is 4.98 Å². The molecule has 0 aliphatic heterocycles. The minimum Gasteiger partial charge on any atom is -0.447 e. The average molecular weight is 322 g/mol. The lowest BCUT2D eigenvalue weighted by atomic mass is 10.3. The van der Waals surface area contributed by atoms with Crippen molar-refractivity contribution >= 4 is 44.8 Å². The molecule has 0 amide bonds. The molecule has 0 saturated carbocycles. The maximum Gasteiger partial charge on any atom is 0.180 e. The molecule has 2 aromatic rings. The number of hydrogen-bond donors (Lipinski definition) is 1.